The van der Waals surface area contributed by atoms with Gasteiger partial charge in [0.05, 0.1) is 18.0 Å². The molecule has 3 aromatic heterocycles. The number of fused-ring (bicyclic) bond motifs is 1. The third kappa shape index (κ3) is 5.17. The summed E-state index contributed by atoms with van der Waals surface area (Å²) in [7, 11) is 0. The summed E-state index contributed by atoms with van der Waals surface area (Å²) in [5.41, 5.74) is 3.62. The number of carbonyl (C=O) groups is 2. The van der Waals surface area contributed by atoms with E-state index >= 15 is 0 Å². The van der Waals surface area contributed by atoms with Crippen molar-refractivity contribution in [2.24, 2.45) is 0 Å². The minimum absolute atomic E-state index is 0.0386. The molecular formula is C30H33FN6O3. The second-order valence-corrected chi connectivity index (χ2v) is 11.8. The highest BCUT2D eigenvalue weighted by atomic mass is 19.1. The lowest BCUT2D eigenvalue weighted by molar-refractivity contribution is 0.0292. The lowest BCUT2D eigenvalue weighted by Crippen LogP contribution is -2.35. The Hall–Kier alpha value is -4.21. The van der Waals surface area contributed by atoms with E-state index in [1.54, 1.807) is 28.0 Å². The summed E-state index contributed by atoms with van der Waals surface area (Å²) in [5, 5.41) is 7.43. The van der Waals surface area contributed by atoms with Crippen molar-refractivity contribution >= 4 is 17.6 Å². The number of ether oxygens (including phenoxy) is 1. The lowest BCUT2D eigenvalue weighted by Gasteiger charge is -2.24. The van der Waals surface area contributed by atoms with Gasteiger partial charge < -0.3 is 15.0 Å². The highest BCUT2D eigenvalue weighted by Gasteiger charge is 2.31. The maximum absolute atomic E-state index is 14.7. The van der Waals surface area contributed by atoms with Gasteiger partial charge in [0.15, 0.2) is 5.82 Å². The maximum Gasteiger partial charge on any atom is 0.410 e. The van der Waals surface area contributed by atoms with Crippen LogP contribution < -0.4 is 5.32 Å². The number of carbonyl (C=O) groups excluding carboxylic acids is 2. The minimum Gasteiger partial charge on any atom is -0.444 e. The number of halogens is 1. The third-order valence-electron chi connectivity index (χ3n) is 7.42. The van der Waals surface area contributed by atoms with Gasteiger partial charge in [-0.25, -0.2) is 18.9 Å². The molecule has 2 fully saturated rings. The average Bonchev–Trinajstić information content (AvgIpc) is 3.27. The van der Waals surface area contributed by atoms with Crippen LogP contribution in [0, 0.1) is 12.7 Å². The summed E-state index contributed by atoms with van der Waals surface area (Å²) in [6.45, 7) is 8.67. The summed E-state index contributed by atoms with van der Waals surface area (Å²) in [5.74, 6) is 0.0114. The van der Waals surface area contributed by atoms with Crippen LogP contribution in [-0.2, 0) is 4.74 Å². The molecule has 1 aliphatic heterocycles. The number of imidazole rings is 1. The Kier molecular flexibility index (Phi) is 6.35. The number of pyridine rings is 1. The van der Waals surface area contributed by atoms with Gasteiger partial charge in [-0.1, -0.05) is 6.07 Å². The Morgan fingerprint density at radius 2 is 1.90 bits per heavy atom. The lowest BCUT2D eigenvalue weighted by atomic mass is 9.99. The van der Waals surface area contributed by atoms with Crippen molar-refractivity contribution in [3.8, 4) is 16.9 Å². The Bertz CT molecular complexity index is 1610. The van der Waals surface area contributed by atoms with Crippen LogP contribution in [0.5, 0.6) is 0 Å². The molecule has 2 aliphatic rings. The number of aryl methyl sites for hydroxylation is 1. The number of amides is 2. The Balaban J connectivity index is 1.26. The van der Waals surface area contributed by atoms with E-state index < -0.39 is 11.4 Å². The number of hydrogen-bond acceptors (Lipinski definition) is 5. The van der Waals surface area contributed by atoms with Crippen molar-refractivity contribution in [3.05, 3.63) is 71.6 Å². The molecule has 1 aliphatic carbocycles. The highest BCUT2D eigenvalue weighted by Crippen LogP contribution is 2.31. The third-order valence-corrected chi connectivity index (χ3v) is 7.42. The largest absolute Gasteiger partial charge is 0.444 e. The minimum atomic E-state index is -0.529. The molecule has 0 bridgehead atoms. The predicted octanol–water partition coefficient (Wildman–Crippen LogP) is 5.25. The van der Waals surface area contributed by atoms with Crippen LogP contribution in [0.4, 0.5) is 9.18 Å². The van der Waals surface area contributed by atoms with Crippen molar-refractivity contribution in [3.63, 3.8) is 0 Å². The zero-order valence-corrected chi connectivity index (χ0v) is 23.1. The first-order chi connectivity index (χ1) is 19.1. The van der Waals surface area contributed by atoms with E-state index in [4.69, 9.17) is 4.74 Å². The van der Waals surface area contributed by atoms with Crippen molar-refractivity contribution in [2.45, 2.75) is 64.5 Å². The van der Waals surface area contributed by atoms with Crippen LogP contribution in [0.3, 0.4) is 0 Å². The molecule has 40 heavy (non-hydrogen) atoms. The summed E-state index contributed by atoms with van der Waals surface area (Å²) < 4.78 is 23.9. The first-order valence-corrected chi connectivity index (χ1v) is 13.7. The zero-order chi connectivity index (χ0) is 28.2. The van der Waals surface area contributed by atoms with Crippen LogP contribution in [0.1, 0.15) is 67.4 Å². The molecule has 208 valence electrons. The van der Waals surface area contributed by atoms with E-state index in [1.165, 1.54) is 6.07 Å². The fourth-order valence-electron chi connectivity index (χ4n) is 5.16. The first-order valence-electron chi connectivity index (χ1n) is 13.7. The monoisotopic (exact) mass is 544 g/mol. The van der Waals surface area contributed by atoms with Gasteiger partial charge in [0.2, 0.25) is 0 Å². The topological polar surface area (TPSA) is 93.8 Å². The molecule has 4 heterocycles. The van der Waals surface area contributed by atoms with E-state index in [-0.39, 0.29) is 29.5 Å². The molecule has 1 saturated carbocycles. The van der Waals surface area contributed by atoms with Crippen molar-refractivity contribution < 1.29 is 18.7 Å². The second-order valence-electron chi connectivity index (χ2n) is 11.8. The molecule has 4 aromatic rings. The van der Waals surface area contributed by atoms with E-state index in [9.17, 15) is 14.0 Å². The molecule has 6 rings (SSSR count). The Labute approximate surface area is 231 Å². The maximum atomic E-state index is 14.7. The molecule has 10 heteroatoms. The van der Waals surface area contributed by atoms with Gasteiger partial charge in [-0.15, -0.1) is 0 Å². The van der Waals surface area contributed by atoms with Gasteiger partial charge in [0, 0.05) is 43.0 Å². The van der Waals surface area contributed by atoms with Gasteiger partial charge in [-0.05, 0) is 81.8 Å². The molecule has 1 saturated heterocycles. The van der Waals surface area contributed by atoms with Crippen LogP contribution in [0.25, 0.3) is 22.6 Å². The number of rotatable bonds is 5. The fourth-order valence-corrected chi connectivity index (χ4v) is 5.16. The summed E-state index contributed by atoms with van der Waals surface area (Å²) in [4.78, 5) is 31.5. The Morgan fingerprint density at radius 3 is 2.65 bits per heavy atom. The SMILES string of the molecule is Cc1cc(F)c(C(=O)NC2CC2)cc1-c1cnn(-c2cnc3ccc([C@H]4CCN(C(=O)OC(C)(C)C)C4)cn23)c1. The summed E-state index contributed by atoms with van der Waals surface area (Å²) in [6, 6.07) is 7.17. The fraction of sp³-hybridized carbons (Fsp3) is 0.400. The number of hydrogen-bond donors (Lipinski definition) is 1. The van der Waals surface area contributed by atoms with E-state index in [0.717, 1.165) is 53.0 Å². The van der Waals surface area contributed by atoms with Crippen molar-refractivity contribution in [2.75, 3.05) is 13.1 Å². The van der Waals surface area contributed by atoms with Crippen molar-refractivity contribution in [1.82, 2.24) is 29.4 Å². The number of benzene rings is 1. The van der Waals surface area contributed by atoms with Gasteiger partial charge in [-0.2, -0.15) is 5.10 Å². The summed E-state index contributed by atoms with van der Waals surface area (Å²) in [6.07, 6.45) is 9.80. The molecule has 0 unspecified atom stereocenters. The highest BCUT2D eigenvalue weighted by molar-refractivity contribution is 5.96. The summed E-state index contributed by atoms with van der Waals surface area (Å²) >= 11 is 0. The van der Waals surface area contributed by atoms with Gasteiger partial charge in [-0.3, -0.25) is 9.20 Å². The van der Waals surface area contributed by atoms with Crippen LogP contribution >= 0.6 is 0 Å². The number of nitrogens with zero attached hydrogens (tertiary/aromatic N) is 5. The first kappa shape index (κ1) is 26.0. The van der Waals surface area contributed by atoms with Crippen molar-refractivity contribution in [1.29, 1.82) is 0 Å². The quantitative estimate of drug-likeness (QED) is 0.370. The second kappa shape index (κ2) is 9.76. The molecule has 9 nitrogen and oxygen atoms in total. The molecule has 2 amide bonds. The molecule has 1 aromatic carbocycles. The Morgan fingerprint density at radius 1 is 1.10 bits per heavy atom. The number of nitrogens with one attached hydrogen (secondary N) is 1. The predicted molar refractivity (Wildman–Crippen MR) is 148 cm³/mol. The standard InChI is InChI=1S/C30H33FN6O3/c1-18-11-25(31)24(28(38)34-22-6-7-22)12-23(18)21-13-33-37(17-21)27-14-32-26-8-5-19(16-36(26)27)20-9-10-35(15-20)29(39)40-30(2,3)4/h5,8,11-14,16-17,20,22H,6-7,9-10,15H2,1-4H3,(H,34,38)/t20-/m0/s1. The smallest absolute Gasteiger partial charge is 0.410 e. The number of likely N-dealkylation sites (tertiary alicyclic amines) is 1. The normalized spacial score (nSPS) is 17.4. The zero-order valence-electron chi connectivity index (χ0n) is 23.1. The van der Waals surface area contributed by atoms with Gasteiger partial charge in [0.25, 0.3) is 5.91 Å². The molecular weight excluding hydrogens is 511 g/mol. The molecule has 1 atom stereocenters. The number of aromatic nitrogens is 4. The van der Waals surface area contributed by atoms with E-state index in [1.807, 2.05) is 50.6 Å². The van der Waals surface area contributed by atoms with Crippen LogP contribution in [-0.4, -0.2) is 60.8 Å². The van der Waals surface area contributed by atoms with E-state index in [2.05, 4.69) is 21.5 Å². The van der Waals surface area contributed by atoms with Crippen LogP contribution in [0.2, 0.25) is 0 Å². The molecule has 0 radical (unpaired) electrons. The van der Waals surface area contributed by atoms with Gasteiger partial charge >= 0.3 is 6.09 Å². The van der Waals surface area contributed by atoms with Crippen LogP contribution in [0.15, 0.2) is 49.1 Å². The molecule has 1 N–H and O–H groups in total. The molecule has 0 spiro atoms. The average molecular weight is 545 g/mol. The van der Waals surface area contributed by atoms with Gasteiger partial charge in [0.1, 0.15) is 17.1 Å². The van der Waals surface area contributed by atoms with E-state index in [0.29, 0.717) is 13.1 Å².